The Kier molecular flexibility index (Phi) is 4.07. The van der Waals surface area contributed by atoms with Gasteiger partial charge in [0.05, 0.1) is 23.5 Å². The first-order valence-corrected chi connectivity index (χ1v) is 7.26. The summed E-state index contributed by atoms with van der Waals surface area (Å²) in [6.45, 7) is 0. The second kappa shape index (κ2) is 6.33. The van der Waals surface area contributed by atoms with Crippen LogP contribution < -0.4 is 17.2 Å². The summed E-state index contributed by atoms with van der Waals surface area (Å²) >= 11 is 0. The van der Waals surface area contributed by atoms with Crippen LogP contribution in [0.4, 0.5) is 22.7 Å². The second-order valence-electron chi connectivity index (χ2n) is 5.27. The number of amidine groups is 2. The van der Waals surface area contributed by atoms with Crippen LogP contribution in [0.15, 0.2) is 63.5 Å². The molecule has 1 aliphatic heterocycles. The summed E-state index contributed by atoms with van der Waals surface area (Å²) in [6.07, 6.45) is 0.0491. The standard InChI is InChI=1S/C17H16N6O/c18-10-1-5-12(6-2-10)21-14-9-15(24)16(20)23-17(14)22-13-7-3-11(19)4-8-13/h1-8H,9,18-19H2,(H2,20,22,23). The quantitative estimate of drug-likeness (QED) is 0.730. The molecule has 0 fully saturated rings. The molecule has 0 amide bonds. The molecule has 3 rings (SSSR count). The highest BCUT2D eigenvalue weighted by Crippen LogP contribution is 2.19. The van der Waals surface area contributed by atoms with Gasteiger partial charge in [-0.1, -0.05) is 0 Å². The minimum absolute atomic E-state index is 0.0491. The van der Waals surface area contributed by atoms with Gasteiger partial charge in [-0.25, -0.2) is 15.0 Å². The van der Waals surface area contributed by atoms with E-state index in [1.54, 1.807) is 48.5 Å². The van der Waals surface area contributed by atoms with Gasteiger partial charge >= 0.3 is 0 Å². The van der Waals surface area contributed by atoms with E-state index in [4.69, 9.17) is 17.2 Å². The van der Waals surface area contributed by atoms with Gasteiger partial charge in [-0.15, -0.1) is 0 Å². The molecule has 120 valence electrons. The molecule has 1 aliphatic rings. The van der Waals surface area contributed by atoms with Gasteiger partial charge in [0, 0.05) is 11.4 Å². The van der Waals surface area contributed by atoms with Crippen molar-refractivity contribution in [3.8, 4) is 0 Å². The maximum Gasteiger partial charge on any atom is 0.203 e. The van der Waals surface area contributed by atoms with E-state index in [2.05, 4.69) is 15.0 Å². The van der Waals surface area contributed by atoms with Gasteiger partial charge in [-0.3, -0.25) is 4.79 Å². The van der Waals surface area contributed by atoms with Gasteiger partial charge in [0.1, 0.15) is 0 Å². The molecule has 1 heterocycles. The molecule has 0 aliphatic carbocycles. The van der Waals surface area contributed by atoms with Crippen LogP contribution in [0.3, 0.4) is 0 Å². The van der Waals surface area contributed by atoms with Crippen LogP contribution in [0.25, 0.3) is 0 Å². The number of carbonyl (C=O) groups is 1. The third-order valence-electron chi connectivity index (χ3n) is 3.38. The lowest BCUT2D eigenvalue weighted by Crippen LogP contribution is -2.34. The van der Waals surface area contributed by atoms with Crippen LogP contribution in [0.5, 0.6) is 0 Å². The zero-order valence-electron chi connectivity index (χ0n) is 12.8. The zero-order chi connectivity index (χ0) is 17.1. The van der Waals surface area contributed by atoms with Crippen LogP contribution in [-0.4, -0.2) is 23.2 Å². The van der Waals surface area contributed by atoms with E-state index < -0.39 is 0 Å². The Bertz CT molecular complexity index is 863. The van der Waals surface area contributed by atoms with E-state index >= 15 is 0 Å². The summed E-state index contributed by atoms with van der Waals surface area (Å²) in [6, 6.07) is 14.0. The number of hydrogen-bond donors (Lipinski definition) is 3. The third kappa shape index (κ3) is 3.46. The SMILES string of the molecule is NC1=NC(=Nc2ccc(N)cc2)C(=Nc2ccc(N)cc2)CC1=O. The van der Waals surface area contributed by atoms with Crippen molar-refractivity contribution in [3.63, 3.8) is 0 Å². The van der Waals surface area contributed by atoms with Crippen molar-refractivity contribution in [2.45, 2.75) is 6.42 Å². The molecule has 0 aromatic heterocycles. The smallest absolute Gasteiger partial charge is 0.203 e. The summed E-state index contributed by atoms with van der Waals surface area (Å²) in [7, 11) is 0. The number of anilines is 2. The molecular weight excluding hydrogens is 304 g/mol. The fourth-order valence-corrected chi connectivity index (χ4v) is 2.12. The number of Topliss-reactive ketones (excluding diaryl/α,β-unsaturated/α-hetero) is 1. The first kappa shape index (κ1) is 15.4. The van der Waals surface area contributed by atoms with Crippen molar-refractivity contribution in [2.75, 3.05) is 11.5 Å². The molecule has 7 nitrogen and oxygen atoms in total. The van der Waals surface area contributed by atoms with Crippen molar-refractivity contribution in [1.82, 2.24) is 0 Å². The Morgan fingerprint density at radius 3 is 1.83 bits per heavy atom. The van der Waals surface area contributed by atoms with Gasteiger partial charge < -0.3 is 17.2 Å². The van der Waals surface area contributed by atoms with Crippen molar-refractivity contribution >= 4 is 45.9 Å². The average Bonchev–Trinajstić information content (AvgIpc) is 2.56. The third-order valence-corrected chi connectivity index (χ3v) is 3.38. The maximum absolute atomic E-state index is 11.9. The lowest BCUT2D eigenvalue weighted by atomic mass is 10.1. The van der Waals surface area contributed by atoms with Gasteiger partial charge in [0.15, 0.2) is 11.7 Å². The van der Waals surface area contributed by atoms with Crippen LogP contribution in [0.2, 0.25) is 0 Å². The topological polar surface area (TPSA) is 132 Å². The number of ketones is 1. The molecule has 2 aromatic carbocycles. The van der Waals surface area contributed by atoms with Gasteiger partial charge in [0.25, 0.3) is 0 Å². The number of carbonyl (C=O) groups excluding carboxylic acids is 1. The van der Waals surface area contributed by atoms with E-state index in [0.717, 1.165) is 0 Å². The predicted molar refractivity (Wildman–Crippen MR) is 97.1 cm³/mol. The van der Waals surface area contributed by atoms with E-state index in [1.807, 2.05) is 0 Å². The Morgan fingerprint density at radius 1 is 0.792 bits per heavy atom. The molecule has 7 heteroatoms. The lowest BCUT2D eigenvalue weighted by Gasteiger charge is -2.12. The summed E-state index contributed by atoms with van der Waals surface area (Å²) in [5, 5.41) is 0. The molecule has 6 N–H and O–H groups in total. The summed E-state index contributed by atoms with van der Waals surface area (Å²) in [5.74, 6) is -0.0328. The molecule has 0 atom stereocenters. The van der Waals surface area contributed by atoms with Gasteiger partial charge in [-0.2, -0.15) is 0 Å². The van der Waals surface area contributed by atoms with Crippen molar-refractivity contribution in [2.24, 2.45) is 20.7 Å². The van der Waals surface area contributed by atoms with E-state index in [9.17, 15) is 4.79 Å². The number of rotatable bonds is 2. The summed E-state index contributed by atoms with van der Waals surface area (Å²) < 4.78 is 0. The monoisotopic (exact) mass is 320 g/mol. The molecule has 0 spiro atoms. The first-order chi connectivity index (χ1) is 11.5. The van der Waals surface area contributed by atoms with Crippen molar-refractivity contribution in [3.05, 3.63) is 48.5 Å². The van der Waals surface area contributed by atoms with Crippen LogP contribution in [0.1, 0.15) is 6.42 Å². The predicted octanol–water partition coefficient (Wildman–Crippen LogP) is 1.98. The number of aliphatic imine (C=N–C) groups is 3. The lowest BCUT2D eigenvalue weighted by molar-refractivity contribution is -0.112. The average molecular weight is 320 g/mol. The first-order valence-electron chi connectivity index (χ1n) is 7.26. The molecule has 0 unspecified atom stereocenters. The van der Waals surface area contributed by atoms with Crippen molar-refractivity contribution < 1.29 is 4.79 Å². The highest BCUT2D eigenvalue weighted by Gasteiger charge is 2.23. The van der Waals surface area contributed by atoms with E-state index in [0.29, 0.717) is 34.3 Å². The maximum atomic E-state index is 11.9. The molecule has 0 bridgehead atoms. The van der Waals surface area contributed by atoms with Crippen LogP contribution >= 0.6 is 0 Å². The van der Waals surface area contributed by atoms with Gasteiger partial charge in [-0.05, 0) is 48.5 Å². The molecular formula is C17H16N6O. The molecule has 0 saturated carbocycles. The second-order valence-corrected chi connectivity index (χ2v) is 5.27. The molecule has 0 radical (unpaired) electrons. The number of nitrogens with two attached hydrogens (primary N) is 3. The molecule has 24 heavy (non-hydrogen) atoms. The van der Waals surface area contributed by atoms with Crippen LogP contribution in [0, 0.1) is 0 Å². The zero-order valence-corrected chi connectivity index (χ0v) is 12.8. The van der Waals surface area contributed by atoms with E-state index in [-0.39, 0.29) is 18.0 Å². The Labute approximate surface area is 138 Å². The number of nitrogen functional groups attached to an aromatic ring is 2. The fraction of sp³-hybridized carbons (Fsp3) is 0.0588. The number of nitrogens with zero attached hydrogens (tertiary/aromatic N) is 3. The highest BCUT2D eigenvalue weighted by atomic mass is 16.1. The Hall–Kier alpha value is -3.48. The summed E-state index contributed by atoms with van der Waals surface area (Å²) in [4.78, 5) is 24.8. The van der Waals surface area contributed by atoms with E-state index in [1.165, 1.54) is 0 Å². The van der Waals surface area contributed by atoms with Crippen molar-refractivity contribution in [1.29, 1.82) is 0 Å². The highest BCUT2D eigenvalue weighted by molar-refractivity contribution is 6.58. The number of hydrogen-bond acceptors (Lipinski definition) is 6. The van der Waals surface area contributed by atoms with Gasteiger partial charge in [0.2, 0.25) is 5.78 Å². The molecule has 2 aromatic rings. The normalized spacial score (nSPS) is 18.0. The molecule has 0 saturated heterocycles. The summed E-state index contributed by atoms with van der Waals surface area (Å²) in [5.41, 5.74) is 20.0. The largest absolute Gasteiger partial charge is 0.399 e. The minimum Gasteiger partial charge on any atom is -0.399 e. The minimum atomic E-state index is -0.277. The Balaban J connectivity index is 2.03. The fourth-order valence-electron chi connectivity index (χ4n) is 2.12. The Morgan fingerprint density at radius 2 is 1.29 bits per heavy atom. The van der Waals surface area contributed by atoms with Crippen LogP contribution in [-0.2, 0) is 4.79 Å². The number of benzene rings is 2.